The molecule has 2 saturated heterocycles. The molecule has 266 valence electrons. The molecule has 2 fully saturated rings. The van der Waals surface area contributed by atoms with E-state index in [-0.39, 0.29) is 13.2 Å². The van der Waals surface area contributed by atoms with Crippen molar-refractivity contribution in [3.63, 3.8) is 0 Å². The lowest BCUT2D eigenvalue weighted by atomic mass is 9.96. The van der Waals surface area contributed by atoms with Gasteiger partial charge in [0.1, 0.15) is 24.9 Å². The number of ether oxygens (including phenoxy) is 10. The summed E-state index contributed by atoms with van der Waals surface area (Å²) in [5.74, 6) is -5.03. The monoisotopic (exact) mass is 684 g/mol. The summed E-state index contributed by atoms with van der Waals surface area (Å²) in [6.45, 7) is 5.69. The van der Waals surface area contributed by atoms with Crippen molar-refractivity contribution in [2.24, 2.45) is 0 Å². The second-order valence-electron chi connectivity index (χ2n) is 10.9. The third kappa shape index (κ3) is 11.2. The topological polar surface area (TPSA) is 215 Å². The Morgan fingerprint density at radius 1 is 0.583 bits per heavy atom. The van der Waals surface area contributed by atoms with Gasteiger partial charge in [0, 0.05) is 41.5 Å². The van der Waals surface area contributed by atoms with E-state index in [0.29, 0.717) is 0 Å². The van der Waals surface area contributed by atoms with Gasteiger partial charge in [-0.25, -0.2) is 0 Å². The Kier molecular flexibility index (Phi) is 14.2. The highest BCUT2D eigenvalue weighted by Gasteiger charge is 2.57. The summed E-state index contributed by atoms with van der Waals surface area (Å²) in [5.41, 5.74) is 0.792. The van der Waals surface area contributed by atoms with Crippen LogP contribution in [0, 0.1) is 0 Å². The molecule has 0 saturated carbocycles. The van der Waals surface area contributed by atoms with Gasteiger partial charge in [0.15, 0.2) is 43.1 Å². The van der Waals surface area contributed by atoms with Crippen LogP contribution in [-0.2, 0) is 82.7 Å². The van der Waals surface area contributed by atoms with E-state index < -0.39 is 104 Å². The number of carbonyl (C=O) groups excluding carboxylic acids is 6. The highest BCUT2D eigenvalue weighted by Crippen LogP contribution is 2.35. The fourth-order valence-electron chi connectivity index (χ4n) is 5.16. The Balaban J connectivity index is 2.07. The van der Waals surface area contributed by atoms with E-state index in [1.165, 1.54) is 0 Å². The van der Waals surface area contributed by atoms with Crippen molar-refractivity contribution in [2.45, 2.75) is 110 Å². The Hall–Kier alpha value is -4.16. The minimum Gasteiger partial charge on any atom is -0.463 e. The third-order valence-electron chi connectivity index (χ3n) is 6.85. The molecule has 0 bridgehead atoms. The summed E-state index contributed by atoms with van der Waals surface area (Å²) in [7, 11) is 0. The quantitative estimate of drug-likeness (QED) is 0.218. The molecule has 17 nitrogen and oxygen atoms in total. The van der Waals surface area contributed by atoms with Crippen molar-refractivity contribution in [1.82, 2.24) is 0 Å². The van der Waals surface area contributed by atoms with Gasteiger partial charge in [0.2, 0.25) is 0 Å². The summed E-state index contributed by atoms with van der Waals surface area (Å²) in [5, 5.41) is 10.8. The molecule has 2 aliphatic rings. The Bertz CT molecular complexity index is 1280. The molecule has 1 aromatic rings. The molecule has 0 aromatic heterocycles. The van der Waals surface area contributed by atoms with Crippen LogP contribution < -0.4 is 0 Å². The number of carbonyl (C=O) groups is 6. The molecule has 1 aromatic carbocycles. The summed E-state index contributed by atoms with van der Waals surface area (Å²) in [4.78, 5) is 72.7. The molecule has 48 heavy (non-hydrogen) atoms. The first-order valence-corrected chi connectivity index (χ1v) is 14.9. The lowest BCUT2D eigenvalue weighted by Crippen LogP contribution is -2.67. The number of aliphatic hydroxyl groups is 1. The predicted octanol–water partition coefficient (Wildman–Crippen LogP) is 0.252. The van der Waals surface area contributed by atoms with Crippen LogP contribution in [0.2, 0.25) is 0 Å². The van der Waals surface area contributed by atoms with E-state index in [1.807, 2.05) is 6.07 Å². The molecule has 17 heteroatoms. The number of hydrogen-bond donors (Lipinski definition) is 1. The Morgan fingerprint density at radius 3 is 1.60 bits per heavy atom. The van der Waals surface area contributed by atoms with E-state index >= 15 is 0 Å². The minimum atomic E-state index is -1.82. The average molecular weight is 685 g/mol. The van der Waals surface area contributed by atoms with Crippen molar-refractivity contribution in [3.05, 3.63) is 35.9 Å². The maximum Gasteiger partial charge on any atom is 0.303 e. The molecule has 0 aliphatic carbocycles. The first kappa shape index (κ1) is 38.3. The number of aliphatic hydroxyl groups excluding tert-OH is 1. The zero-order chi connectivity index (χ0) is 35.5. The molecule has 0 radical (unpaired) electrons. The average Bonchev–Trinajstić information content (AvgIpc) is 2.98. The van der Waals surface area contributed by atoms with E-state index in [2.05, 4.69) is 0 Å². The molecule has 3 rings (SSSR count). The van der Waals surface area contributed by atoms with Gasteiger partial charge in [-0.3, -0.25) is 28.8 Å². The predicted molar refractivity (Wildman–Crippen MR) is 155 cm³/mol. The fraction of sp³-hybridized carbons (Fsp3) is 0.613. The number of hydrogen-bond acceptors (Lipinski definition) is 17. The fourth-order valence-corrected chi connectivity index (χ4v) is 5.16. The molecule has 2 heterocycles. The largest absolute Gasteiger partial charge is 0.463 e. The molecular weight excluding hydrogens is 644 g/mol. The normalized spacial score (nSPS) is 29.9. The van der Waals surface area contributed by atoms with Crippen LogP contribution in [0.15, 0.2) is 30.3 Å². The molecule has 0 spiro atoms. The van der Waals surface area contributed by atoms with E-state index in [9.17, 15) is 33.9 Å². The highest BCUT2D eigenvalue weighted by atomic mass is 16.8. The summed E-state index contributed by atoms with van der Waals surface area (Å²) in [6.07, 6.45) is -15.5. The van der Waals surface area contributed by atoms with Crippen LogP contribution in [0.5, 0.6) is 0 Å². The molecule has 2 aliphatic heterocycles. The van der Waals surface area contributed by atoms with Gasteiger partial charge in [-0.2, -0.15) is 0 Å². The summed E-state index contributed by atoms with van der Waals surface area (Å²) in [6, 6.07) is 9.04. The van der Waals surface area contributed by atoms with E-state index in [4.69, 9.17) is 47.4 Å². The van der Waals surface area contributed by atoms with Crippen molar-refractivity contribution < 1.29 is 81.2 Å². The second-order valence-corrected chi connectivity index (χ2v) is 10.9. The molecule has 1 N–H and O–H groups in total. The number of rotatable bonds is 13. The Morgan fingerprint density at radius 2 is 1.06 bits per heavy atom. The number of esters is 6. The van der Waals surface area contributed by atoms with Crippen molar-refractivity contribution in [3.8, 4) is 0 Å². The van der Waals surface area contributed by atoms with E-state index in [0.717, 1.165) is 47.1 Å². The Labute approximate surface area is 275 Å². The lowest BCUT2D eigenvalue weighted by molar-refractivity contribution is -0.358. The molecule has 6 unspecified atom stereocenters. The van der Waals surface area contributed by atoms with Gasteiger partial charge < -0.3 is 52.5 Å². The first-order chi connectivity index (χ1) is 22.7. The summed E-state index contributed by atoms with van der Waals surface area (Å²) < 4.78 is 56.0. The zero-order valence-corrected chi connectivity index (χ0v) is 27.3. The first-order valence-electron chi connectivity index (χ1n) is 14.9. The van der Waals surface area contributed by atoms with Crippen LogP contribution in [-0.4, -0.2) is 116 Å². The molecular formula is C31H40O17. The minimum absolute atomic E-state index is 0.0914. The van der Waals surface area contributed by atoms with Gasteiger partial charge in [0.05, 0.1) is 13.2 Å². The van der Waals surface area contributed by atoms with Crippen molar-refractivity contribution in [2.75, 3.05) is 13.2 Å². The van der Waals surface area contributed by atoms with Gasteiger partial charge >= 0.3 is 35.8 Å². The van der Waals surface area contributed by atoms with Crippen LogP contribution in [0.4, 0.5) is 0 Å². The van der Waals surface area contributed by atoms with Crippen LogP contribution in [0.25, 0.3) is 0 Å². The zero-order valence-electron chi connectivity index (χ0n) is 27.3. The number of benzene rings is 1. The van der Waals surface area contributed by atoms with Crippen LogP contribution in [0.3, 0.4) is 0 Å². The smallest absolute Gasteiger partial charge is 0.303 e. The highest BCUT2D eigenvalue weighted by molar-refractivity contribution is 5.69. The standard InChI is InChI=1S/C31H40O17/c1-15(32)40-14-23-24(41-16(2)33)27(43-18(4)35)29(45-20(6)37)31(47-23)48-25-22(13-39-12-21-10-8-7-9-11-21)46-30(38)28(44-19(5)36)26(25)42-17(3)34/h7-11,22-31,38H,12-14H2,1-6H3/t22?,23?,24-,25+,26?,27?,28?,29?,30-,31+/m1/s1. The maximum absolute atomic E-state index is 12.3. The lowest BCUT2D eigenvalue weighted by Gasteiger charge is -2.48. The second kappa shape index (κ2) is 17.8. The van der Waals surface area contributed by atoms with Gasteiger partial charge in [-0.1, -0.05) is 30.3 Å². The van der Waals surface area contributed by atoms with Crippen LogP contribution in [0.1, 0.15) is 47.1 Å². The van der Waals surface area contributed by atoms with Gasteiger partial charge in [0.25, 0.3) is 0 Å². The van der Waals surface area contributed by atoms with Crippen molar-refractivity contribution in [1.29, 1.82) is 0 Å². The van der Waals surface area contributed by atoms with Gasteiger partial charge in [-0.05, 0) is 5.56 Å². The third-order valence-corrected chi connectivity index (χ3v) is 6.85. The molecule has 10 atom stereocenters. The maximum atomic E-state index is 12.3. The molecule has 0 amide bonds. The summed E-state index contributed by atoms with van der Waals surface area (Å²) >= 11 is 0. The van der Waals surface area contributed by atoms with Gasteiger partial charge in [-0.15, -0.1) is 0 Å². The van der Waals surface area contributed by atoms with E-state index in [1.54, 1.807) is 24.3 Å². The SMILES string of the molecule is CC(=O)OCC1O[C@@H](O[C@H]2C(COCc3ccccc3)O[C@@H](O)C(OC(C)=O)C2OC(C)=O)C(OC(C)=O)C(OC(C)=O)[C@@H]1OC(C)=O. The van der Waals surface area contributed by atoms with Crippen LogP contribution >= 0.6 is 0 Å². The van der Waals surface area contributed by atoms with Crippen molar-refractivity contribution >= 4 is 35.8 Å².